The Morgan fingerprint density at radius 1 is 1.20 bits per heavy atom. The number of aryl methyl sites for hydroxylation is 1. The summed E-state index contributed by atoms with van der Waals surface area (Å²) in [5, 5.41) is 6.58. The molecule has 8 nitrogen and oxygen atoms in total. The highest BCUT2D eigenvalue weighted by Gasteiger charge is 2.49. The van der Waals surface area contributed by atoms with E-state index in [0.717, 1.165) is 4.90 Å². The van der Waals surface area contributed by atoms with Crippen LogP contribution in [0.1, 0.15) is 23.9 Å². The van der Waals surface area contributed by atoms with E-state index in [1.54, 1.807) is 38.1 Å². The van der Waals surface area contributed by atoms with Crippen molar-refractivity contribution in [3.05, 3.63) is 41.3 Å². The van der Waals surface area contributed by atoms with Crippen molar-refractivity contribution in [3.8, 4) is 11.5 Å². The molecule has 1 unspecified atom stereocenters. The molecule has 3 rings (SSSR count). The van der Waals surface area contributed by atoms with Gasteiger partial charge in [-0.05, 0) is 31.5 Å². The molecule has 2 heterocycles. The molecule has 0 bridgehead atoms. The lowest BCUT2D eigenvalue weighted by Crippen LogP contribution is -2.40. The zero-order valence-corrected chi connectivity index (χ0v) is 14.5. The number of nitrogens with one attached hydrogen (secondary N) is 1. The van der Waals surface area contributed by atoms with Crippen molar-refractivity contribution in [2.24, 2.45) is 0 Å². The number of hydrogen-bond acceptors (Lipinski definition) is 6. The first-order valence-electron chi connectivity index (χ1n) is 7.68. The highest BCUT2D eigenvalue weighted by molar-refractivity contribution is 6.07. The molecule has 0 saturated carbocycles. The van der Waals surface area contributed by atoms with Gasteiger partial charge < -0.3 is 19.3 Å². The third-order valence-corrected chi connectivity index (χ3v) is 4.23. The molecule has 0 spiro atoms. The van der Waals surface area contributed by atoms with E-state index < -0.39 is 11.6 Å². The Balaban J connectivity index is 1.91. The summed E-state index contributed by atoms with van der Waals surface area (Å²) in [7, 11) is 3.04. The molecule has 1 aliphatic rings. The molecule has 25 heavy (non-hydrogen) atoms. The van der Waals surface area contributed by atoms with Crippen LogP contribution in [0.5, 0.6) is 11.5 Å². The molecule has 0 radical (unpaired) electrons. The number of ether oxygens (including phenoxy) is 2. The van der Waals surface area contributed by atoms with E-state index in [9.17, 15) is 9.59 Å². The minimum absolute atomic E-state index is 0.0465. The predicted octanol–water partition coefficient (Wildman–Crippen LogP) is 1.97. The number of rotatable bonds is 5. The highest BCUT2D eigenvalue weighted by atomic mass is 16.5. The maximum absolute atomic E-state index is 12.9. The summed E-state index contributed by atoms with van der Waals surface area (Å²) in [5.74, 6) is 1.27. The molecule has 1 aliphatic heterocycles. The van der Waals surface area contributed by atoms with Gasteiger partial charge >= 0.3 is 6.03 Å². The first-order valence-corrected chi connectivity index (χ1v) is 7.68. The number of carbonyl (C=O) groups is 2. The number of imide groups is 1. The number of methoxy groups -OCH3 is 2. The number of benzene rings is 1. The summed E-state index contributed by atoms with van der Waals surface area (Å²) < 4.78 is 15.5. The largest absolute Gasteiger partial charge is 0.493 e. The summed E-state index contributed by atoms with van der Waals surface area (Å²) in [4.78, 5) is 26.4. The first kappa shape index (κ1) is 16.8. The van der Waals surface area contributed by atoms with E-state index in [1.807, 2.05) is 0 Å². The van der Waals surface area contributed by atoms with Gasteiger partial charge in [0.15, 0.2) is 11.5 Å². The minimum atomic E-state index is -1.20. The lowest BCUT2D eigenvalue weighted by Gasteiger charge is -2.23. The van der Waals surface area contributed by atoms with Crippen molar-refractivity contribution in [1.82, 2.24) is 15.4 Å². The predicted molar refractivity (Wildman–Crippen MR) is 87.2 cm³/mol. The molecule has 1 atom stereocenters. The Labute approximate surface area is 144 Å². The van der Waals surface area contributed by atoms with Crippen molar-refractivity contribution in [3.63, 3.8) is 0 Å². The van der Waals surface area contributed by atoms with E-state index in [-0.39, 0.29) is 12.5 Å². The van der Waals surface area contributed by atoms with Gasteiger partial charge in [0.05, 0.1) is 20.8 Å². The van der Waals surface area contributed by atoms with Crippen molar-refractivity contribution >= 4 is 11.9 Å². The zero-order valence-electron chi connectivity index (χ0n) is 14.5. The molecular formula is C17H19N3O5. The quantitative estimate of drug-likeness (QED) is 0.833. The normalized spacial score (nSPS) is 19.9. The summed E-state index contributed by atoms with van der Waals surface area (Å²) in [6.45, 7) is 3.45. The molecular weight excluding hydrogens is 326 g/mol. The van der Waals surface area contributed by atoms with E-state index in [0.29, 0.717) is 28.5 Å². The lowest BCUT2D eigenvalue weighted by molar-refractivity contribution is -0.131. The van der Waals surface area contributed by atoms with Crippen LogP contribution < -0.4 is 14.8 Å². The fraction of sp³-hybridized carbons (Fsp3) is 0.353. The van der Waals surface area contributed by atoms with Crippen LogP contribution in [0.4, 0.5) is 4.79 Å². The molecule has 1 fully saturated rings. The smallest absolute Gasteiger partial charge is 0.325 e. The monoisotopic (exact) mass is 345 g/mol. The first-order chi connectivity index (χ1) is 11.9. The topological polar surface area (TPSA) is 93.9 Å². The van der Waals surface area contributed by atoms with E-state index in [2.05, 4.69) is 10.5 Å². The van der Waals surface area contributed by atoms with Crippen LogP contribution in [0, 0.1) is 6.92 Å². The third-order valence-electron chi connectivity index (χ3n) is 4.23. The van der Waals surface area contributed by atoms with Crippen LogP contribution in [0.2, 0.25) is 0 Å². The number of aromatic nitrogens is 1. The second-order valence-electron chi connectivity index (χ2n) is 5.95. The molecule has 132 valence electrons. The van der Waals surface area contributed by atoms with Crippen molar-refractivity contribution < 1.29 is 23.6 Å². The van der Waals surface area contributed by atoms with Gasteiger partial charge in [-0.25, -0.2) is 4.79 Å². The molecule has 0 aliphatic carbocycles. The van der Waals surface area contributed by atoms with Gasteiger partial charge in [-0.3, -0.25) is 9.69 Å². The molecule has 3 amide bonds. The van der Waals surface area contributed by atoms with Crippen LogP contribution in [-0.4, -0.2) is 36.2 Å². The Kier molecular flexibility index (Phi) is 4.12. The Bertz CT molecular complexity index is 831. The van der Waals surface area contributed by atoms with Crippen LogP contribution in [0.25, 0.3) is 0 Å². The number of nitrogens with zero attached hydrogens (tertiary/aromatic N) is 2. The fourth-order valence-corrected chi connectivity index (χ4v) is 2.84. The van der Waals surface area contributed by atoms with Crippen molar-refractivity contribution in [2.75, 3.05) is 14.2 Å². The average molecular weight is 345 g/mol. The van der Waals surface area contributed by atoms with Crippen LogP contribution in [0.3, 0.4) is 0 Å². The third kappa shape index (κ3) is 2.79. The molecule has 8 heteroatoms. The summed E-state index contributed by atoms with van der Waals surface area (Å²) in [6.07, 6.45) is 0. The summed E-state index contributed by atoms with van der Waals surface area (Å²) >= 11 is 0. The van der Waals surface area contributed by atoms with Gasteiger partial charge in [0.1, 0.15) is 17.0 Å². The average Bonchev–Trinajstić information content (AvgIpc) is 3.11. The number of carbonyl (C=O) groups excluding carboxylic acids is 2. The molecule has 1 N–H and O–H groups in total. The van der Waals surface area contributed by atoms with Gasteiger partial charge in [0, 0.05) is 6.07 Å². The van der Waals surface area contributed by atoms with Gasteiger partial charge in [0.25, 0.3) is 5.91 Å². The summed E-state index contributed by atoms with van der Waals surface area (Å²) in [5.41, 5.74) is -0.0880. The van der Waals surface area contributed by atoms with Gasteiger partial charge in [0.2, 0.25) is 0 Å². The van der Waals surface area contributed by atoms with E-state index in [4.69, 9.17) is 14.0 Å². The lowest BCUT2D eigenvalue weighted by atomic mass is 9.91. The SMILES string of the molecule is COc1ccc(C2(C)NC(=O)N(Cc3cc(C)on3)C2=O)cc1OC. The van der Waals surface area contributed by atoms with Crippen LogP contribution >= 0.6 is 0 Å². The molecule has 1 saturated heterocycles. The number of amides is 3. The Hall–Kier alpha value is -3.03. The molecule has 1 aromatic heterocycles. The molecule has 2 aromatic rings. The Morgan fingerprint density at radius 2 is 1.92 bits per heavy atom. The van der Waals surface area contributed by atoms with Crippen LogP contribution in [-0.2, 0) is 16.9 Å². The highest BCUT2D eigenvalue weighted by Crippen LogP contribution is 2.35. The van der Waals surface area contributed by atoms with E-state index >= 15 is 0 Å². The zero-order chi connectivity index (χ0) is 18.2. The minimum Gasteiger partial charge on any atom is -0.493 e. The van der Waals surface area contributed by atoms with Gasteiger partial charge in [-0.2, -0.15) is 0 Å². The molecule has 1 aromatic carbocycles. The maximum atomic E-state index is 12.9. The Morgan fingerprint density at radius 3 is 2.52 bits per heavy atom. The van der Waals surface area contributed by atoms with Crippen molar-refractivity contribution in [2.45, 2.75) is 25.9 Å². The van der Waals surface area contributed by atoms with Gasteiger partial charge in [-0.15, -0.1) is 0 Å². The van der Waals surface area contributed by atoms with Gasteiger partial charge in [-0.1, -0.05) is 11.2 Å². The second-order valence-corrected chi connectivity index (χ2v) is 5.95. The second kappa shape index (κ2) is 6.12. The fourth-order valence-electron chi connectivity index (χ4n) is 2.84. The summed E-state index contributed by atoms with van der Waals surface area (Å²) in [6, 6.07) is 6.31. The number of hydrogen-bond donors (Lipinski definition) is 1. The standard InChI is InChI=1S/C17H19N3O5/c1-10-7-12(19-25-10)9-20-15(21)17(2,18-16(20)22)11-5-6-13(23-3)14(8-11)24-4/h5-8H,9H2,1-4H3,(H,18,22). The van der Waals surface area contributed by atoms with E-state index in [1.165, 1.54) is 14.2 Å². The van der Waals surface area contributed by atoms with Crippen molar-refractivity contribution in [1.29, 1.82) is 0 Å². The maximum Gasteiger partial charge on any atom is 0.325 e. The number of urea groups is 1. The van der Waals surface area contributed by atoms with Crippen LogP contribution in [0.15, 0.2) is 28.8 Å².